The lowest BCUT2D eigenvalue weighted by Crippen LogP contribution is -2.36. The van der Waals surface area contributed by atoms with Crippen LogP contribution in [0.3, 0.4) is 0 Å². The van der Waals surface area contributed by atoms with Crippen molar-refractivity contribution >= 4 is 17.2 Å². The summed E-state index contributed by atoms with van der Waals surface area (Å²) >= 11 is 1.74. The van der Waals surface area contributed by atoms with Crippen LogP contribution in [0.1, 0.15) is 33.8 Å². The monoisotopic (exact) mass is 405 g/mol. The first kappa shape index (κ1) is 19.3. The Morgan fingerprint density at radius 2 is 2.10 bits per heavy atom. The first-order chi connectivity index (χ1) is 14.1. The third-order valence-electron chi connectivity index (χ3n) is 5.26. The van der Waals surface area contributed by atoms with Gasteiger partial charge in [0.25, 0.3) is 0 Å². The summed E-state index contributed by atoms with van der Waals surface area (Å²) in [5.41, 5.74) is 4.46. The van der Waals surface area contributed by atoms with Crippen molar-refractivity contribution in [2.45, 2.75) is 39.7 Å². The minimum absolute atomic E-state index is 0.0898. The molecule has 0 aliphatic carbocycles. The molecule has 0 N–H and O–H groups in total. The average Bonchev–Trinajstić information content (AvgIpc) is 3.24. The molecule has 0 bridgehead atoms. The van der Waals surface area contributed by atoms with Crippen LogP contribution in [0.2, 0.25) is 0 Å². The zero-order valence-corrected chi connectivity index (χ0v) is 17.5. The van der Waals surface area contributed by atoms with E-state index in [0.29, 0.717) is 12.1 Å². The van der Waals surface area contributed by atoms with E-state index in [0.717, 1.165) is 53.5 Å². The second kappa shape index (κ2) is 8.18. The summed E-state index contributed by atoms with van der Waals surface area (Å²) in [6, 6.07) is 11.6. The van der Waals surface area contributed by atoms with E-state index >= 15 is 0 Å². The number of rotatable bonds is 4. The number of fused-ring (bicyclic) bond motifs is 1. The molecular weight excluding hydrogens is 382 g/mol. The maximum absolute atomic E-state index is 13.0. The van der Waals surface area contributed by atoms with Crippen LogP contribution in [0.15, 0.2) is 30.3 Å². The van der Waals surface area contributed by atoms with Crippen molar-refractivity contribution in [3.8, 4) is 17.3 Å². The summed E-state index contributed by atoms with van der Waals surface area (Å²) in [5.74, 6) is 0.0898. The Bertz CT molecular complexity index is 1070. The third kappa shape index (κ3) is 4.08. The highest BCUT2D eigenvalue weighted by atomic mass is 32.1. The fourth-order valence-electron chi connectivity index (χ4n) is 3.74. The number of hydrogen-bond acceptors (Lipinski definition) is 5. The number of aromatic nitrogens is 3. The van der Waals surface area contributed by atoms with Crippen molar-refractivity contribution in [1.29, 1.82) is 5.26 Å². The van der Waals surface area contributed by atoms with Crippen LogP contribution in [0.5, 0.6) is 0 Å². The number of carbonyl (C=O) groups is 1. The highest BCUT2D eigenvalue weighted by molar-refractivity contribution is 7.11. The van der Waals surface area contributed by atoms with Crippen molar-refractivity contribution in [2.24, 2.45) is 0 Å². The molecule has 148 valence electrons. The Morgan fingerprint density at radius 3 is 2.90 bits per heavy atom. The van der Waals surface area contributed by atoms with Crippen LogP contribution in [0.4, 0.5) is 0 Å². The van der Waals surface area contributed by atoms with E-state index < -0.39 is 0 Å². The van der Waals surface area contributed by atoms with Crippen LogP contribution in [-0.2, 0) is 30.6 Å². The van der Waals surface area contributed by atoms with E-state index in [1.807, 2.05) is 36.1 Å². The molecule has 1 aliphatic heterocycles. The minimum atomic E-state index is 0.0898. The number of aryl methyl sites for hydroxylation is 2. The lowest BCUT2D eigenvalue weighted by atomic mass is 10.1. The molecule has 3 aromatic rings. The molecular formula is C22H23N5OS. The molecule has 3 heterocycles. The second-order valence-corrected chi connectivity index (χ2v) is 8.50. The van der Waals surface area contributed by atoms with E-state index in [1.165, 1.54) is 4.88 Å². The molecule has 1 amide bonds. The standard InChI is InChI=1S/C22H23N5OS/c1-3-18-12-20(17-6-4-5-16(11-17)13-23)25-27(18)14-22(28)26-9-7-19-21(8-10-26)29-15(2)24-19/h4-6,11-12H,3,7-10,14H2,1-2H3. The number of nitrogens with zero attached hydrogens (tertiary/aromatic N) is 5. The molecule has 0 atom stereocenters. The maximum Gasteiger partial charge on any atom is 0.244 e. The van der Waals surface area contributed by atoms with Crippen LogP contribution in [0.25, 0.3) is 11.3 Å². The predicted octanol–water partition coefficient (Wildman–Crippen LogP) is 3.38. The lowest BCUT2D eigenvalue weighted by molar-refractivity contribution is -0.132. The Hall–Kier alpha value is -2.98. The van der Waals surface area contributed by atoms with Gasteiger partial charge in [-0.15, -0.1) is 11.3 Å². The van der Waals surface area contributed by atoms with Gasteiger partial charge in [0, 0.05) is 42.1 Å². The summed E-state index contributed by atoms with van der Waals surface area (Å²) in [6.45, 7) is 5.77. The summed E-state index contributed by atoms with van der Waals surface area (Å²) in [7, 11) is 0. The molecule has 0 spiro atoms. The Balaban J connectivity index is 1.50. The molecule has 1 aromatic carbocycles. The molecule has 0 radical (unpaired) electrons. The summed E-state index contributed by atoms with van der Waals surface area (Å²) < 4.78 is 1.81. The molecule has 0 fully saturated rings. The molecule has 7 heteroatoms. The number of benzene rings is 1. The number of hydrogen-bond donors (Lipinski definition) is 0. The quantitative estimate of drug-likeness (QED) is 0.667. The van der Waals surface area contributed by atoms with Crippen molar-refractivity contribution < 1.29 is 4.79 Å². The van der Waals surface area contributed by atoms with Gasteiger partial charge in [-0.25, -0.2) is 4.98 Å². The lowest BCUT2D eigenvalue weighted by Gasteiger charge is -2.20. The second-order valence-electron chi connectivity index (χ2n) is 7.21. The van der Waals surface area contributed by atoms with Crippen molar-refractivity contribution in [2.75, 3.05) is 13.1 Å². The molecule has 6 nitrogen and oxygen atoms in total. The molecule has 0 saturated heterocycles. The first-order valence-corrected chi connectivity index (χ1v) is 10.7. The highest BCUT2D eigenvalue weighted by Gasteiger charge is 2.22. The number of nitriles is 1. The van der Waals surface area contributed by atoms with Gasteiger partial charge < -0.3 is 4.90 Å². The van der Waals surface area contributed by atoms with E-state index in [4.69, 9.17) is 5.26 Å². The van der Waals surface area contributed by atoms with Gasteiger partial charge in [0.15, 0.2) is 0 Å². The molecule has 2 aromatic heterocycles. The summed E-state index contributed by atoms with van der Waals surface area (Å²) in [6.07, 6.45) is 2.48. The Labute approximate surface area is 174 Å². The normalized spacial score (nSPS) is 13.6. The van der Waals surface area contributed by atoms with Crippen molar-refractivity contribution in [3.05, 3.63) is 57.2 Å². The number of amides is 1. The van der Waals surface area contributed by atoms with Gasteiger partial charge in [-0.05, 0) is 31.5 Å². The van der Waals surface area contributed by atoms with Crippen LogP contribution >= 0.6 is 11.3 Å². The molecule has 0 saturated carbocycles. The van der Waals surface area contributed by atoms with E-state index in [9.17, 15) is 4.79 Å². The number of carbonyl (C=O) groups excluding carboxylic acids is 1. The van der Waals surface area contributed by atoms with Crippen molar-refractivity contribution in [3.63, 3.8) is 0 Å². The van der Waals surface area contributed by atoms with Gasteiger partial charge in [0.2, 0.25) is 5.91 Å². The average molecular weight is 406 g/mol. The van der Waals surface area contributed by atoms with Crippen LogP contribution < -0.4 is 0 Å². The van der Waals surface area contributed by atoms with Gasteiger partial charge in [0.1, 0.15) is 6.54 Å². The van der Waals surface area contributed by atoms with E-state index in [2.05, 4.69) is 23.1 Å². The SMILES string of the molecule is CCc1cc(-c2cccc(C#N)c2)nn1CC(=O)N1CCc2nc(C)sc2CC1. The predicted molar refractivity (Wildman–Crippen MR) is 113 cm³/mol. The van der Waals surface area contributed by atoms with Crippen LogP contribution in [-0.4, -0.2) is 38.7 Å². The minimum Gasteiger partial charge on any atom is -0.340 e. The van der Waals surface area contributed by atoms with Crippen molar-refractivity contribution in [1.82, 2.24) is 19.7 Å². The maximum atomic E-state index is 13.0. The summed E-state index contributed by atoms with van der Waals surface area (Å²) in [5, 5.41) is 14.9. The third-order valence-corrected chi connectivity index (χ3v) is 6.34. The summed E-state index contributed by atoms with van der Waals surface area (Å²) in [4.78, 5) is 20.8. The molecule has 4 rings (SSSR count). The van der Waals surface area contributed by atoms with E-state index in [-0.39, 0.29) is 12.5 Å². The molecule has 0 unspecified atom stereocenters. The smallest absolute Gasteiger partial charge is 0.244 e. The Morgan fingerprint density at radius 1 is 1.28 bits per heavy atom. The van der Waals surface area contributed by atoms with Crippen LogP contribution in [0, 0.1) is 18.3 Å². The van der Waals surface area contributed by atoms with Gasteiger partial charge in [-0.3, -0.25) is 9.48 Å². The molecule has 29 heavy (non-hydrogen) atoms. The number of thiazole rings is 1. The fourth-order valence-corrected chi connectivity index (χ4v) is 4.71. The fraction of sp³-hybridized carbons (Fsp3) is 0.364. The topological polar surface area (TPSA) is 74.8 Å². The highest BCUT2D eigenvalue weighted by Crippen LogP contribution is 2.23. The van der Waals surface area contributed by atoms with Gasteiger partial charge >= 0.3 is 0 Å². The Kier molecular flexibility index (Phi) is 5.45. The van der Waals surface area contributed by atoms with E-state index in [1.54, 1.807) is 22.1 Å². The van der Waals surface area contributed by atoms with Gasteiger partial charge in [-0.2, -0.15) is 10.4 Å². The zero-order chi connectivity index (χ0) is 20.4. The zero-order valence-electron chi connectivity index (χ0n) is 16.7. The van der Waals surface area contributed by atoms with Gasteiger partial charge in [0.05, 0.1) is 28.0 Å². The van der Waals surface area contributed by atoms with Gasteiger partial charge in [-0.1, -0.05) is 19.1 Å². The largest absolute Gasteiger partial charge is 0.340 e. The first-order valence-electron chi connectivity index (χ1n) is 9.87. The molecule has 1 aliphatic rings.